The third-order valence-corrected chi connectivity index (χ3v) is 8.44. The first-order valence-corrected chi connectivity index (χ1v) is 12.4. The fraction of sp³-hybridized carbons (Fsp3) is 0.619. The van der Waals surface area contributed by atoms with Gasteiger partial charge in [0.1, 0.15) is 16.5 Å². The zero-order valence-corrected chi connectivity index (χ0v) is 18.6. The van der Waals surface area contributed by atoms with Gasteiger partial charge in [0.2, 0.25) is 5.16 Å². The summed E-state index contributed by atoms with van der Waals surface area (Å²) in [6.45, 7) is 4.34. The van der Waals surface area contributed by atoms with Crippen LogP contribution in [0.5, 0.6) is 0 Å². The molecule has 0 aliphatic heterocycles. The predicted molar refractivity (Wildman–Crippen MR) is 118 cm³/mol. The summed E-state index contributed by atoms with van der Waals surface area (Å²) in [7, 11) is 0. The maximum Gasteiger partial charge on any atom is 0.259 e. The van der Waals surface area contributed by atoms with Crippen LogP contribution in [0, 0.1) is 11.8 Å². The number of fused-ring (bicyclic) bond motifs is 3. The molecule has 8 heteroatoms. The molecule has 2 aliphatic rings. The lowest BCUT2D eigenvalue weighted by molar-refractivity contribution is 0.509. The summed E-state index contributed by atoms with van der Waals surface area (Å²) in [4.78, 5) is 27.6. The highest BCUT2D eigenvalue weighted by atomic mass is 32.2. The number of hydrogen-bond donors (Lipinski definition) is 2. The van der Waals surface area contributed by atoms with Crippen molar-refractivity contribution in [1.82, 2.24) is 25.1 Å². The molecule has 1 saturated carbocycles. The van der Waals surface area contributed by atoms with Crippen LogP contribution < -0.4 is 5.56 Å². The van der Waals surface area contributed by atoms with Crippen LogP contribution in [-0.4, -0.2) is 25.1 Å². The lowest BCUT2D eigenvalue weighted by Crippen LogP contribution is -2.15. The first-order valence-electron chi connectivity index (χ1n) is 10.7. The number of thiophene rings is 1. The summed E-state index contributed by atoms with van der Waals surface area (Å²) in [6, 6.07) is 0. The van der Waals surface area contributed by atoms with E-state index in [1.165, 1.54) is 36.1 Å². The molecule has 2 aliphatic carbocycles. The van der Waals surface area contributed by atoms with Gasteiger partial charge in [0.05, 0.1) is 10.6 Å². The van der Waals surface area contributed by atoms with Crippen molar-refractivity contribution in [3.8, 4) is 0 Å². The van der Waals surface area contributed by atoms with Gasteiger partial charge in [0.25, 0.3) is 5.56 Å². The SMILES string of the molecule is CC1CCc2c(sc3nc(C(C)Sc4n[nH]c(CC5CCCC5)n4)[nH]c(=O)c23)C1. The van der Waals surface area contributed by atoms with E-state index in [9.17, 15) is 4.79 Å². The summed E-state index contributed by atoms with van der Waals surface area (Å²) < 4.78 is 0. The quantitative estimate of drug-likeness (QED) is 0.568. The molecule has 2 unspecified atom stereocenters. The van der Waals surface area contributed by atoms with Crippen LogP contribution in [0.3, 0.4) is 0 Å². The highest BCUT2D eigenvalue weighted by Crippen LogP contribution is 2.37. The number of nitrogens with zero attached hydrogens (tertiary/aromatic N) is 3. The second-order valence-corrected chi connectivity index (χ2v) is 11.1. The molecule has 2 N–H and O–H groups in total. The zero-order chi connectivity index (χ0) is 20.0. The Balaban J connectivity index is 1.35. The standard InChI is InChI=1S/C21H27N5OS2/c1-11-7-8-14-15(9-11)29-20-17(14)19(27)23-18(24-20)12(2)28-21-22-16(25-26-21)10-13-5-3-4-6-13/h11-13H,3-10H2,1-2H3,(H,22,25,26)(H,23,24,27). The lowest BCUT2D eigenvalue weighted by atomic mass is 9.89. The van der Waals surface area contributed by atoms with Crippen molar-refractivity contribution in [3.05, 3.63) is 32.4 Å². The highest BCUT2D eigenvalue weighted by molar-refractivity contribution is 7.99. The van der Waals surface area contributed by atoms with Crippen LogP contribution in [0.4, 0.5) is 0 Å². The van der Waals surface area contributed by atoms with Crippen molar-refractivity contribution in [3.63, 3.8) is 0 Å². The number of H-pyrrole nitrogens is 2. The molecule has 0 amide bonds. The van der Waals surface area contributed by atoms with Gasteiger partial charge in [-0.25, -0.2) is 9.97 Å². The van der Waals surface area contributed by atoms with Gasteiger partial charge >= 0.3 is 0 Å². The molecule has 0 aromatic carbocycles. The molecule has 1 fully saturated rings. The Morgan fingerprint density at radius 1 is 1.24 bits per heavy atom. The maximum absolute atomic E-state index is 12.8. The molecule has 0 spiro atoms. The van der Waals surface area contributed by atoms with E-state index in [1.54, 1.807) is 23.1 Å². The topological polar surface area (TPSA) is 87.3 Å². The number of aromatic amines is 2. The molecule has 3 heterocycles. The van der Waals surface area contributed by atoms with Gasteiger partial charge in [0.15, 0.2) is 0 Å². The molecule has 0 saturated heterocycles. The van der Waals surface area contributed by atoms with Crippen molar-refractivity contribution in [2.75, 3.05) is 0 Å². The smallest absolute Gasteiger partial charge is 0.259 e. The van der Waals surface area contributed by atoms with Gasteiger partial charge in [-0.2, -0.15) is 0 Å². The molecule has 5 rings (SSSR count). The molecule has 3 aromatic heterocycles. The Hall–Kier alpha value is -1.67. The fourth-order valence-corrected chi connectivity index (χ4v) is 6.87. The van der Waals surface area contributed by atoms with Crippen molar-refractivity contribution in [1.29, 1.82) is 0 Å². The lowest BCUT2D eigenvalue weighted by Gasteiger charge is -2.17. The predicted octanol–water partition coefficient (Wildman–Crippen LogP) is 4.81. The van der Waals surface area contributed by atoms with E-state index in [0.29, 0.717) is 11.7 Å². The number of aromatic nitrogens is 5. The number of aryl methyl sites for hydroxylation is 1. The molecule has 154 valence electrons. The molecule has 0 radical (unpaired) electrons. The Bertz CT molecular complexity index is 1080. The summed E-state index contributed by atoms with van der Waals surface area (Å²) in [6.07, 6.45) is 9.47. The molecule has 2 atom stereocenters. The van der Waals surface area contributed by atoms with Crippen LogP contribution in [0.2, 0.25) is 0 Å². The van der Waals surface area contributed by atoms with Crippen LogP contribution in [0.1, 0.15) is 73.3 Å². The Morgan fingerprint density at radius 2 is 2.07 bits per heavy atom. The molecule has 29 heavy (non-hydrogen) atoms. The van der Waals surface area contributed by atoms with Crippen LogP contribution in [-0.2, 0) is 19.3 Å². The fourth-order valence-electron chi connectivity index (χ4n) is 4.68. The van der Waals surface area contributed by atoms with Crippen LogP contribution in [0.25, 0.3) is 10.2 Å². The average molecular weight is 430 g/mol. The third kappa shape index (κ3) is 3.89. The normalized spacial score (nSPS) is 21.0. The summed E-state index contributed by atoms with van der Waals surface area (Å²) in [5.41, 5.74) is 1.23. The third-order valence-electron chi connectivity index (χ3n) is 6.32. The van der Waals surface area contributed by atoms with Crippen molar-refractivity contribution in [2.45, 2.75) is 75.6 Å². The van der Waals surface area contributed by atoms with Crippen molar-refractivity contribution in [2.24, 2.45) is 11.8 Å². The van der Waals surface area contributed by atoms with Gasteiger partial charge in [-0.05, 0) is 43.6 Å². The van der Waals surface area contributed by atoms with Gasteiger partial charge in [-0.15, -0.1) is 16.4 Å². The molecular formula is C21H27N5OS2. The monoisotopic (exact) mass is 429 g/mol. The highest BCUT2D eigenvalue weighted by Gasteiger charge is 2.24. The van der Waals surface area contributed by atoms with E-state index in [0.717, 1.165) is 52.8 Å². The number of thioether (sulfide) groups is 1. The number of rotatable bonds is 5. The molecule has 0 bridgehead atoms. The first-order chi connectivity index (χ1) is 14.1. The van der Waals surface area contributed by atoms with Gasteiger partial charge in [-0.1, -0.05) is 44.4 Å². The largest absolute Gasteiger partial charge is 0.309 e. The van der Waals surface area contributed by atoms with E-state index >= 15 is 0 Å². The Kier molecular flexibility index (Phi) is 5.24. The van der Waals surface area contributed by atoms with E-state index < -0.39 is 0 Å². The second-order valence-electron chi connectivity index (χ2n) is 8.66. The van der Waals surface area contributed by atoms with E-state index in [2.05, 4.69) is 34.0 Å². The van der Waals surface area contributed by atoms with Gasteiger partial charge in [0, 0.05) is 11.3 Å². The Labute approximate surface area is 178 Å². The molecule has 3 aromatic rings. The van der Waals surface area contributed by atoms with Gasteiger partial charge < -0.3 is 4.98 Å². The summed E-state index contributed by atoms with van der Waals surface area (Å²) >= 11 is 3.25. The van der Waals surface area contributed by atoms with E-state index in [1.807, 2.05) is 0 Å². The van der Waals surface area contributed by atoms with Gasteiger partial charge in [-0.3, -0.25) is 9.89 Å². The number of hydrogen-bond acceptors (Lipinski definition) is 6. The maximum atomic E-state index is 12.8. The Morgan fingerprint density at radius 3 is 2.90 bits per heavy atom. The molecule has 6 nitrogen and oxygen atoms in total. The summed E-state index contributed by atoms with van der Waals surface area (Å²) in [5.74, 6) is 3.11. The molecular weight excluding hydrogens is 402 g/mol. The first kappa shape index (κ1) is 19.3. The zero-order valence-electron chi connectivity index (χ0n) is 17.0. The van der Waals surface area contributed by atoms with Crippen molar-refractivity contribution < 1.29 is 0 Å². The summed E-state index contributed by atoms with van der Waals surface area (Å²) in [5, 5.41) is 9.00. The van der Waals surface area contributed by atoms with E-state index in [-0.39, 0.29) is 10.8 Å². The minimum Gasteiger partial charge on any atom is -0.309 e. The van der Waals surface area contributed by atoms with Crippen LogP contribution >= 0.6 is 23.1 Å². The van der Waals surface area contributed by atoms with E-state index in [4.69, 9.17) is 4.98 Å². The second kappa shape index (κ2) is 7.87. The van der Waals surface area contributed by atoms with Crippen molar-refractivity contribution >= 4 is 33.3 Å². The minimum absolute atomic E-state index is 0.00131. The average Bonchev–Trinajstić information content (AvgIpc) is 3.41. The number of nitrogens with one attached hydrogen (secondary N) is 2. The minimum atomic E-state index is -0.0136. The van der Waals surface area contributed by atoms with Crippen LogP contribution in [0.15, 0.2) is 9.95 Å².